The number of nitriles is 1. The Morgan fingerprint density at radius 3 is 2.70 bits per heavy atom. The number of rotatable bonds is 2. The normalized spacial score (nSPS) is 10.0. The zero-order valence-electron chi connectivity index (χ0n) is 9.66. The molecule has 2 rings (SSSR count). The van der Waals surface area contributed by atoms with Gasteiger partial charge in [-0.3, -0.25) is 24.5 Å². The highest BCUT2D eigenvalue weighted by Crippen LogP contribution is 2.24. The van der Waals surface area contributed by atoms with Crippen molar-refractivity contribution < 1.29 is 4.92 Å². The molecule has 0 aliphatic heterocycles. The molecule has 100 valence electrons. The van der Waals surface area contributed by atoms with Gasteiger partial charge in [-0.05, 0) is 22.0 Å². The van der Waals surface area contributed by atoms with Crippen LogP contribution >= 0.6 is 15.9 Å². The molecule has 0 saturated carbocycles. The fourth-order valence-electron chi connectivity index (χ4n) is 1.53. The van der Waals surface area contributed by atoms with E-state index in [4.69, 9.17) is 5.26 Å². The van der Waals surface area contributed by atoms with E-state index in [1.54, 1.807) is 6.07 Å². The van der Waals surface area contributed by atoms with Crippen molar-refractivity contribution in [2.24, 2.45) is 0 Å². The monoisotopic (exact) mass is 336 g/mol. The van der Waals surface area contributed by atoms with Gasteiger partial charge < -0.3 is 0 Å². The minimum Gasteiger partial charge on any atom is -0.273 e. The number of nitro groups is 1. The van der Waals surface area contributed by atoms with Crippen molar-refractivity contribution in [3.05, 3.63) is 65.4 Å². The molecule has 1 aromatic carbocycles. The molecular weight excluding hydrogens is 332 g/mol. The second-order valence-electron chi connectivity index (χ2n) is 3.68. The van der Waals surface area contributed by atoms with Crippen molar-refractivity contribution in [1.82, 2.24) is 9.55 Å². The van der Waals surface area contributed by atoms with Crippen LogP contribution in [-0.4, -0.2) is 14.5 Å². The van der Waals surface area contributed by atoms with Crippen LogP contribution in [-0.2, 0) is 0 Å². The summed E-state index contributed by atoms with van der Waals surface area (Å²) in [4.78, 5) is 35.2. The number of nitrogens with zero attached hydrogens (tertiary/aromatic N) is 3. The first-order valence-electron chi connectivity index (χ1n) is 5.14. The second kappa shape index (κ2) is 5.10. The zero-order valence-corrected chi connectivity index (χ0v) is 11.2. The molecule has 0 unspecified atom stereocenters. The van der Waals surface area contributed by atoms with E-state index in [2.05, 4.69) is 15.9 Å². The highest BCUT2D eigenvalue weighted by Gasteiger charge is 2.13. The van der Waals surface area contributed by atoms with Gasteiger partial charge >= 0.3 is 5.69 Å². The lowest BCUT2D eigenvalue weighted by Gasteiger charge is -2.07. The van der Waals surface area contributed by atoms with Crippen molar-refractivity contribution in [3.8, 4) is 11.8 Å². The number of non-ortho nitro benzene ring substituents is 1. The summed E-state index contributed by atoms with van der Waals surface area (Å²) in [5.41, 5.74) is -1.95. The van der Waals surface area contributed by atoms with Crippen LogP contribution in [0.4, 0.5) is 5.69 Å². The molecule has 2 aromatic rings. The van der Waals surface area contributed by atoms with Gasteiger partial charge in [0.1, 0.15) is 11.6 Å². The van der Waals surface area contributed by atoms with Gasteiger partial charge in [0.15, 0.2) is 0 Å². The quantitative estimate of drug-likeness (QED) is 0.649. The first-order chi connectivity index (χ1) is 9.43. The largest absolute Gasteiger partial charge is 0.333 e. The Hall–Kier alpha value is -2.73. The topological polar surface area (TPSA) is 122 Å². The lowest BCUT2D eigenvalue weighted by molar-refractivity contribution is -0.384. The lowest BCUT2D eigenvalue weighted by atomic mass is 10.2. The van der Waals surface area contributed by atoms with E-state index in [0.717, 1.165) is 16.8 Å². The molecule has 0 atom stereocenters. The van der Waals surface area contributed by atoms with E-state index < -0.39 is 16.2 Å². The van der Waals surface area contributed by atoms with E-state index in [0.29, 0.717) is 4.47 Å². The van der Waals surface area contributed by atoms with E-state index in [1.165, 1.54) is 12.1 Å². The fraction of sp³-hybridized carbons (Fsp3) is 0. The Balaban J connectivity index is 2.78. The number of nitro benzene ring substituents is 1. The molecule has 8 nitrogen and oxygen atoms in total. The molecule has 1 heterocycles. The van der Waals surface area contributed by atoms with Crippen molar-refractivity contribution in [2.75, 3.05) is 0 Å². The molecule has 0 aliphatic carbocycles. The Labute approximate surface area is 119 Å². The van der Waals surface area contributed by atoms with Crippen LogP contribution in [0, 0.1) is 21.4 Å². The number of hydrogen-bond acceptors (Lipinski definition) is 5. The van der Waals surface area contributed by atoms with Gasteiger partial charge in [0.05, 0.1) is 10.6 Å². The third-order valence-electron chi connectivity index (χ3n) is 2.46. The van der Waals surface area contributed by atoms with Gasteiger partial charge in [-0.1, -0.05) is 0 Å². The minimum absolute atomic E-state index is 0.150. The Morgan fingerprint density at radius 2 is 2.10 bits per heavy atom. The maximum Gasteiger partial charge on any atom is 0.333 e. The number of nitrogens with one attached hydrogen (secondary N) is 1. The van der Waals surface area contributed by atoms with E-state index in [1.807, 2.05) is 4.98 Å². The van der Waals surface area contributed by atoms with Crippen LogP contribution in [0.5, 0.6) is 0 Å². The maximum absolute atomic E-state index is 11.7. The van der Waals surface area contributed by atoms with Crippen LogP contribution in [0.15, 0.2) is 38.5 Å². The maximum atomic E-state index is 11.7. The van der Waals surface area contributed by atoms with Crippen molar-refractivity contribution in [1.29, 1.82) is 5.26 Å². The standard InChI is InChI=1S/C11H5BrN4O4/c12-8-2-1-7(16(19)20)3-9(8)15-5-6(4-13)10(17)14-11(15)18/h1-3,5H,(H,14,17,18). The highest BCUT2D eigenvalue weighted by molar-refractivity contribution is 9.10. The van der Waals surface area contributed by atoms with Crippen molar-refractivity contribution in [2.45, 2.75) is 0 Å². The zero-order chi connectivity index (χ0) is 14.9. The van der Waals surface area contributed by atoms with Crippen molar-refractivity contribution in [3.63, 3.8) is 0 Å². The van der Waals surface area contributed by atoms with Gasteiger partial charge in [0, 0.05) is 22.8 Å². The second-order valence-corrected chi connectivity index (χ2v) is 4.53. The number of benzene rings is 1. The van der Waals surface area contributed by atoms with Crippen LogP contribution in [0.1, 0.15) is 5.56 Å². The molecule has 0 amide bonds. The van der Waals surface area contributed by atoms with Crippen LogP contribution in [0.2, 0.25) is 0 Å². The molecule has 0 spiro atoms. The molecule has 0 bridgehead atoms. The van der Waals surface area contributed by atoms with Gasteiger partial charge in [0.2, 0.25) is 0 Å². The fourth-order valence-corrected chi connectivity index (χ4v) is 1.97. The van der Waals surface area contributed by atoms with Gasteiger partial charge in [-0.15, -0.1) is 0 Å². The number of aromatic nitrogens is 2. The molecular formula is C11H5BrN4O4. The smallest absolute Gasteiger partial charge is 0.273 e. The molecule has 0 saturated heterocycles. The molecule has 20 heavy (non-hydrogen) atoms. The predicted molar refractivity (Wildman–Crippen MR) is 71.7 cm³/mol. The average Bonchev–Trinajstić information content (AvgIpc) is 2.40. The van der Waals surface area contributed by atoms with Crippen LogP contribution in [0.3, 0.4) is 0 Å². The Kier molecular flexibility index (Phi) is 3.49. The number of aromatic amines is 1. The van der Waals surface area contributed by atoms with Crippen LogP contribution in [0.25, 0.3) is 5.69 Å². The predicted octanol–water partition coefficient (Wildman–Crippen LogP) is 1.07. The van der Waals surface area contributed by atoms with Gasteiger partial charge in [-0.25, -0.2) is 4.79 Å². The van der Waals surface area contributed by atoms with Crippen molar-refractivity contribution >= 4 is 21.6 Å². The SMILES string of the molecule is N#Cc1cn(-c2cc([N+](=O)[O-])ccc2Br)c(=O)[nH]c1=O. The molecule has 0 fully saturated rings. The summed E-state index contributed by atoms with van der Waals surface area (Å²) in [7, 11) is 0. The number of halogens is 1. The molecule has 0 radical (unpaired) electrons. The molecule has 1 N–H and O–H groups in total. The van der Waals surface area contributed by atoms with E-state index in [-0.39, 0.29) is 16.9 Å². The lowest BCUT2D eigenvalue weighted by Crippen LogP contribution is -2.30. The Morgan fingerprint density at radius 1 is 1.40 bits per heavy atom. The minimum atomic E-state index is -0.810. The summed E-state index contributed by atoms with van der Waals surface area (Å²) in [5.74, 6) is 0. The van der Waals surface area contributed by atoms with Gasteiger partial charge in [0.25, 0.3) is 11.2 Å². The molecule has 0 aliphatic rings. The first kappa shape index (κ1) is 13.7. The summed E-state index contributed by atoms with van der Waals surface area (Å²) < 4.78 is 1.36. The summed E-state index contributed by atoms with van der Waals surface area (Å²) in [6.07, 6.45) is 1.03. The Bertz CT molecular complexity index is 862. The number of hydrogen-bond donors (Lipinski definition) is 1. The summed E-state index contributed by atoms with van der Waals surface area (Å²) in [6.45, 7) is 0. The summed E-state index contributed by atoms with van der Waals surface area (Å²) in [5, 5.41) is 19.5. The third kappa shape index (κ3) is 2.36. The molecule has 9 heteroatoms. The van der Waals surface area contributed by atoms with E-state index >= 15 is 0 Å². The average molecular weight is 337 g/mol. The number of H-pyrrole nitrogens is 1. The summed E-state index contributed by atoms with van der Waals surface area (Å²) in [6, 6.07) is 5.45. The molecule has 1 aromatic heterocycles. The first-order valence-corrected chi connectivity index (χ1v) is 5.93. The third-order valence-corrected chi connectivity index (χ3v) is 3.13. The highest BCUT2D eigenvalue weighted by atomic mass is 79.9. The van der Waals surface area contributed by atoms with Gasteiger partial charge in [-0.2, -0.15) is 5.26 Å². The van der Waals surface area contributed by atoms with Crippen LogP contribution < -0.4 is 11.2 Å². The summed E-state index contributed by atoms with van der Waals surface area (Å²) >= 11 is 3.16. The van der Waals surface area contributed by atoms with E-state index in [9.17, 15) is 19.7 Å².